The molecule has 0 atom stereocenters. The molecule has 1 heterocycles. The van der Waals surface area contributed by atoms with Crippen molar-refractivity contribution >= 4 is 15.9 Å². The van der Waals surface area contributed by atoms with Crippen LogP contribution in [0.1, 0.15) is 12.3 Å². The number of alkyl halides is 2. The van der Waals surface area contributed by atoms with Gasteiger partial charge in [-0.1, -0.05) is 0 Å². The molecular weight excluding hydrogens is 308 g/mol. The van der Waals surface area contributed by atoms with Gasteiger partial charge in [-0.3, -0.25) is 0 Å². The Morgan fingerprint density at radius 2 is 1.71 bits per heavy atom. The molecule has 1 aromatic heterocycles. The molecule has 2 aromatic rings. The van der Waals surface area contributed by atoms with Crippen molar-refractivity contribution in [2.24, 2.45) is 0 Å². The van der Waals surface area contributed by atoms with Crippen LogP contribution in [0.4, 0.5) is 17.6 Å². The van der Waals surface area contributed by atoms with E-state index in [4.69, 9.17) is 0 Å². The zero-order chi connectivity index (χ0) is 12.6. The van der Waals surface area contributed by atoms with E-state index in [1.165, 1.54) is 0 Å². The topological polar surface area (TPSA) is 38.9 Å². The first-order valence-corrected chi connectivity index (χ1v) is 5.05. The van der Waals surface area contributed by atoms with Gasteiger partial charge in [0.15, 0.2) is 0 Å². The summed E-state index contributed by atoms with van der Waals surface area (Å²) in [6, 6.07) is 1.80. The van der Waals surface area contributed by atoms with Gasteiger partial charge in [-0.2, -0.15) is 8.78 Å². The van der Waals surface area contributed by atoms with Gasteiger partial charge in [0.25, 0.3) is 5.89 Å². The number of hydrogen-bond donors (Lipinski definition) is 0. The van der Waals surface area contributed by atoms with E-state index in [-0.39, 0.29) is 15.9 Å². The Bertz CT molecular complexity index is 535. The van der Waals surface area contributed by atoms with Crippen molar-refractivity contribution in [1.82, 2.24) is 10.2 Å². The fraction of sp³-hybridized carbons (Fsp3) is 0.111. The Kier molecular flexibility index (Phi) is 3.14. The van der Waals surface area contributed by atoms with Crippen molar-refractivity contribution in [3.8, 4) is 11.5 Å². The lowest BCUT2D eigenvalue weighted by atomic mass is 10.2. The number of hydrogen-bond acceptors (Lipinski definition) is 3. The fourth-order valence-corrected chi connectivity index (χ4v) is 1.35. The molecule has 0 bridgehead atoms. The van der Waals surface area contributed by atoms with E-state index in [9.17, 15) is 17.6 Å². The first-order valence-electron chi connectivity index (χ1n) is 4.25. The summed E-state index contributed by atoms with van der Waals surface area (Å²) < 4.78 is 54.9. The van der Waals surface area contributed by atoms with E-state index in [1.807, 2.05) is 0 Å². The number of nitrogens with zero attached hydrogens (tertiary/aromatic N) is 2. The van der Waals surface area contributed by atoms with Gasteiger partial charge in [0.2, 0.25) is 5.89 Å². The molecule has 1 aromatic carbocycles. The second-order valence-electron chi connectivity index (χ2n) is 3.00. The van der Waals surface area contributed by atoms with Crippen LogP contribution in [0.25, 0.3) is 11.5 Å². The lowest BCUT2D eigenvalue weighted by molar-refractivity contribution is 0.116. The molecule has 0 unspecified atom stereocenters. The second kappa shape index (κ2) is 4.44. The summed E-state index contributed by atoms with van der Waals surface area (Å²) in [5.74, 6) is -3.05. The summed E-state index contributed by atoms with van der Waals surface area (Å²) in [5.41, 5.74) is -0.109. The largest absolute Gasteiger partial charge is 0.415 e. The molecule has 0 saturated heterocycles. The summed E-state index contributed by atoms with van der Waals surface area (Å²) in [6.07, 6.45) is -2.93. The first kappa shape index (κ1) is 12.0. The quantitative estimate of drug-likeness (QED) is 0.627. The lowest BCUT2D eigenvalue weighted by Crippen LogP contribution is -1.87. The van der Waals surface area contributed by atoms with Crippen LogP contribution in [0, 0.1) is 11.6 Å². The number of rotatable bonds is 2. The molecule has 3 nitrogen and oxygen atoms in total. The highest BCUT2D eigenvalue weighted by molar-refractivity contribution is 9.10. The van der Waals surface area contributed by atoms with Crippen molar-refractivity contribution in [3.63, 3.8) is 0 Å². The first-order chi connectivity index (χ1) is 7.99. The van der Waals surface area contributed by atoms with Gasteiger partial charge in [0, 0.05) is 5.56 Å². The maximum atomic E-state index is 13.2. The standard InChI is InChI=1S/C9H3BrF4N2O/c10-6-4(11)1-3(2-5(6)12)8-15-16-9(17-8)7(13)14/h1-2,7H. The molecular formula is C9H3BrF4N2O. The monoisotopic (exact) mass is 310 g/mol. The van der Waals surface area contributed by atoms with Gasteiger partial charge in [-0.15, -0.1) is 10.2 Å². The highest BCUT2D eigenvalue weighted by Gasteiger charge is 2.18. The van der Waals surface area contributed by atoms with Gasteiger partial charge < -0.3 is 4.42 Å². The highest BCUT2D eigenvalue weighted by Crippen LogP contribution is 2.28. The second-order valence-corrected chi connectivity index (χ2v) is 3.79. The van der Waals surface area contributed by atoms with Crippen molar-refractivity contribution in [3.05, 3.63) is 34.1 Å². The maximum absolute atomic E-state index is 13.2. The SMILES string of the molecule is Fc1cc(-c2nnc(C(F)F)o2)cc(F)c1Br. The Labute approximate surface area is 101 Å². The minimum Gasteiger partial charge on any atom is -0.415 e. The van der Waals surface area contributed by atoms with E-state index in [0.29, 0.717) is 0 Å². The van der Waals surface area contributed by atoms with Crippen LogP contribution >= 0.6 is 15.9 Å². The van der Waals surface area contributed by atoms with Gasteiger partial charge in [-0.05, 0) is 28.1 Å². The average Bonchev–Trinajstić information content (AvgIpc) is 2.74. The average molecular weight is 311 g/mol. The molecule has 0 amide bonds. The number of aromatic nitrogens is 2. The summed E-state index contributed by atoms with van der Waals surface area (Å²) >= 11 is 2.68. The lowest BCUT2D eigenvalue weighted by Gasteiger charge is -1.99. The Morgan fingerprint density at radius 3 is 2.18 bits per heavy atom. The molecule has 0 fully saturated rings. The van der Waals surface area contributed by atoms with Crippen LogP contribution < -0.4 is 0 Å². The molecule has 90 valence electrons. The van der Waals surface area contributed by atoms with Gasteiger partial charge >= 0.3 is 6.43 Å². The summed E-state index contributed by atoms with van der Waals surface area (Å²) in [4.78, 5) is 0. The van der Waals surface area contributed by atoms with Crippen LogP contribution in [0.15, 0.2) is 21.0 Å². The molecule has 0 aliphatic carbocycles. The zero-order valence-corrected chi connectivity index (χ0v) is 9.51. The molecule has 2 rings (SSSR count). The highest BCUT2D eigenvalue weighted by atomic mass is 79.9. The van der Waals surface area contributed by atoms with Crippen LogP contribution in [0.3, 0.4) is 0 Å². The molecule has 0 N–H and O–H groups in total. The van der Waals surface area contributed by atoms with Crippen molar-refractivity contribution < 1.29 is 22.0 Å². The third-order valence-electron chi connectivity index (χ3n) is 1.86. The van der Waals surface area contributed by atoms with Crippen molar-refractivity contribution in [1.29, 1.82) is 0 Å². The minimum absolute atomic E-state index is 0.109. The number of halogens is 5. The predicted molar refractivity (Wildman–Crippen MR) is 52.3 cm³/mol. The zero-order valence-electron chi connectivity index (χ0n) is 7.92. The Morgan fingerprint density at radius 1 is 1.12 bits per heavy atom. The molecule has 0 saturated carbocycles. The van der Waals surface area contributed by atoms with Crippen LogP contribution in [0.5, 0.6) is 0 Å². The van der Waals surface area contributed by atoms with Crippen LogP contribution in [0.2, 0.25) is 0 Å². The molecule has 0 radical (unpaired) electrons. The summed E-state index contributed by atoms with van der Waals surface area (Å²) in [5, 5.41) is 6.32. The van der Waals surface area contributed by atoms with Gasteiger partial charge in [-0.25, -0.2) is 8.78 Å². The van der Waals surface area contributed by atoms with E-state index >= 15 is 0 Å². The molecule has 0 spiro atoms. The maximum Gasteiger partial charge on any atom is 0.314 e. The third-order valence-corrected chi connectivity index (χ3v) is 2.62. The van der Waals surface area contributed by atoms with Gasteiger partial charge in [0.05, 0.1) is 4.47 Å². The van der Waals surface area contributed by atoms with E-state index in [1.54, 1.807) is 0 Å². The molecule has 0 aliphatic heterocycles. The van der Waals surface area contributed by atoms with E-state index in [2.05, 4.69) is 30.5 Å². The normalized spacial score (nSPS) is 11.2. The Balaban J connectivity index is 2.46. The molecule has 17 heavy (non-hydrogen) atoms. The van der Waals surface area contributed by atoms with E-state index < -0.39 is 24.0 Å². The van der Waals surface area contributed by atoms with Crippen molar-refractivity contribution in [2.45, 2.75) is 6.43 Å². The smallest absolute Gasteiger partial charge is 0.314 e. The fourth-order valence-electron chi connectivity index (χ4n) is 1.12. The number of benzene rings is 1. The van der Waals surface area contributed by atoms with Gasteiger partial charge in [0.1, 0.15) is 11.6 Å². The third kappa shape index (κ3) is 2.31. The van der Waals surface area contributed by atoms with E-state index in [0.717, 1.165) is 12.1 Å². The van der Waals surface area contributed by atoms with Crippen LogP contribution in [-0.4, -0.2) is 10.2 Å². The molecule has 0 aliphatic rings. The van der Waals surface area contributed by atoms with Crippen molar-refractivity contribution in [2.75, 3.05) is 0 Å². The summed E-state index contributed by atoms with van der Waals surface area (Å²) in [7, 11) is 0. The Hall–Kier alpha value is -1.44. The summed E-state index contributed by atoms with van der Waals surface area (Å²) in [6.45, 7) is 0. The predicted octanol–water partition coefficient (Wildman–Crippen LogP) is 3.71. The minimum atomic E-state index is -2.93. The molecule has 8 heteroatoms. The van der Waals surface area contributed by atoms with Crippen LogP contribution in [-0.2, 0) is 0 Å².